The maximum atomic E-state index is 9.37. The first-order valence-electron chi connectivity index (χ1n) is 5.40. The van der Waals surface area contributed by atoms with Gasteiger partial charge in [-0.25, -0.2) is 0 Å². The molecule has 0 spiro atoms. The first-order valence-corrected chi connectivity index (χ1v) is 5.40. The van der Waals surface area contributed by atoms with Crippen molar-refractivity contribution >= 4 is 11.4 Å². The van der Waals surface area contributed by atoms with Crippen LogP contribution < -0.4 is 10.1 Å². The molecule has 2 N–H and O–H groups in total. The summed E-state index contributed by atoms with van der Waals surface area (Å²) in [5.74, 6) is 1.09. The second kappa shape index (κ2) is 4.78. The summed E-state index contributed by atoms with van der Waals surface area (Å²) in [5.41, 5.74) is 2.86. The third kappa shape index (κ3) is 2.69. The summed E-state index contributed by atoms with van der Waals surface area (Å²) in [5, 5.41) is 12.6. The molecule has 2 rings (SSSR count). The highest BCUT2D eigenvalue weighted by Gasteiger charge is 2.01. The molecule has 0 unspecified atom stereocenters. The SMILES string of the molecule is COc1cc(Nc2cccc(O)c2)ccc1C. The molecule has 0 saturated heterocycles. The molecule has 0 fully saturated rings. The van der Waals surface area contributed by atoms with Crippen molar-refractivity contribution in [2.75, 3.05) is 12.4 Å². The van der Waals surface area contributed by atoms with E-state index in [-0.39, 0.29) is 5.75 Å². The second-order valence-electron chi connectivity index (χ2n) is 3.86. The molecule has 3 heteroatoms. The number of ether oxygens (including phenoxy) is 1. The third-order valence-corrected chi connectivity index (χ3v) is 2.54. The Morgan fingerprint density at radius 3 is 2.53 bits per heavy atom. The molecule has 0 aliphatic heterocycles. The molecular weight excluding hydrogens is 214 g/mol. The van der Waals surface area contributed by atoms with Gasteiger partial charge >= 0.3 is 0 Å². The van der Waals surface area contributed by atoms with Gasteiger partial charge in [-0.1, -0.05) is 12.1 Å². The van der Waals surface area contributed by atoms with Gasteiger partial charge in [-0.05, 0) is 30.7 Å². The van der Waals surface area contributed by atoms with E-state index in [4.69, 9.17) is 4.74 Å². The van der Waals surface area contributed by atoms with E-state index in [2.05, 4.69) is 5.32 Å². The lowest BCUT2D eigenvalue weighted by Crippen LogP contribution is -1.92. The Bertz CT molecular complexity index is 523. The predicted octanol–water partition coefficient (Wildman–Crippen LogP) is 3.45. The topological polar surface area (TPSA) is 41.5 Å². The highest BCUT2D eigenvalue weighted by Crippen LogP contribution is 2.26. The zero-order valence-corrected chi connectivity index (χ0v) is 9.90. The largest absolute Gasteiger partial charge is 0.508 e. The van der Waals surface area contributed by atoms with Crippen molar-refractivity contribution in [1.29, 1.82) is 0 Å². The second-order valence-corrected chi connectivity index (χ2v) is 3.86. The van der Waals surface area contributed by atoms with Crippen LogP contribution in [0.15, 0.2) is 42.5 Å². The molecule has 2 aromatic rings. The summed E-state index contributed by atoms with van der Waals surface area (Å²) < 4.78 is 5.26. The number of hydrogen-bond acceptors (Lipinski definition) is 3. The van der Waals surface area contributed by atoms with E-state index in [1.165, 1.54) is 0 Å². The number of hydrogen-bond donors (Lipinski definition) is 2. The van der Waals surface area contributed by atoms with Gasteiger partial charge in [0.05, 0.1) is 7.11 Å². The van der Waals surface area contributed by atoms with Crippen molar-refractivity contribution in [2.24, 2.45) is 0 Å². The maximum absolute atomic E-state index is 9.37. The fourth-order valence-corrected chi connectivity index (χ4v) is 1.65. The zero-order chi connectivity index (χ0) is 12.3. The fourth-order valence-electron chi connectivity index (χ4n) is 1.65. The molecule has 0 radical (unpaired) electrons. The summed E-state index contributed by atoms with van der Waals surface area (Å²) in [4.78, 5) is 0. The summed E-state index contributed by atoms with van der Waals surface area (Å²) in [6.07, 6.45) is 0. The lowest BCUT2D eigenvalue weighted by atomic mass is 10.2. The third-order valence-electron chi connectivity index (χ3n) is 2.54. The normalized spacial score (nSPS) is 10.0. The van der Waals surface area contributed by atoms with Crippen LogP contribution in [0, 0.1) is 6.92 Å². The van der Waals surface area contributed by atoms with Crippen molar-refractivity contribution in [2.45, 2.75) is 6.92 Å². The Hall–Kier alpha value is -2.16. The van der Waals surface area contributed by atoms with Gasteiger partial charge in [0, 0.05) is 23.5 Å². The first-order chi connectivity index (χ1) is 8.19. The molecule has 2 aromatic carbocycles. The zero-order valence-electron chi connectivity index (χ0n) is 9.90. The molecule has 0 bridgehead atoms. The summed E-state index contributed by atoms with van der Waals surface area (Å²) in [7, 11) is 1.65. The van der Waals surface area contributed by atoms with Gasteiger partial charge in [0.25, 0.3) is 0 Å². The van der Waals surface area contributed by atoms with Gasteiger partial charge in [0.1, 0.15) is 11.5 Å². The number of aromatic hydroxyl groups is 1. The van der Waals surface area contributed by atoms with E-state index in [9.17, 15) is 5.11 Å². The molecule has 0 amide bonds. The summed E-state index contributed by atoms with van der Waals surface area (Å²) in [6.45, 7) is 2.00. The van der Waals surface area contributed by atoms with Crippen LogP contribution in [0.1, 0.15) is 5.56 Å². The van der Waals surface area contributed by atoms with Crippen LogP contribution >= 0.6 is 0 Å². The molecule has 0 heterocycles. The van der Waals surface area contributed by atoms with Gasteiger partial charge in [0.2, 0.25) is 0 Å². The number of rotatable bonds is 3. The Labute approximate surface area is 101 Å². The molecule has 3 nitrogen and oxygen atoms in total. The number of anilines is 2. The van der Waals surface area contributed by atoms with Gasteiger partial charge < -0.3 is 15.2 Å². The number of phenolic OH excluding ortho intramolecular Hbond substituents is 1. The molecule has 17 heavy (non-hydrogen) atoms. The van der Waals surface area contributed by atoms with Crippen LogP contribution in [0.3, 0.4) is 0 Å². The van der Waals surface area contributed by atoms with Crippen molar-refractivity contribution in [3.63, 3.8) is 0 Å². The van der Waals surface area contributed by atoms with Crippen LogP contribution in [-0.2, 0) is 0 Å². The Balaban J connectivity index is 2.24. The van der Waals surface area contributed by atoms with Gasteiger partial charge in [-0.3, -0.25) is 0 Å². The van der Waals surface area contributed by atoms with E-state index in [1.54, 1.807) is 25.3 Å². The van der Waals surface area contributed by atoms with E-state index in [0.717, 1.165) is 22.7 Å². The molecule has 0 saturated carbocycles. The Kier molecular flexibility index (Phi) is 3.19. The van der Waals surface area contributed by atoms with Gasteiger partial charge in [-0.15, -0.1) is 0 Å². The maximum Gasteiger partial charge on any atom is 0.123 e. The minimum absolute atomic E-state index is 0.245. The van der Waals surface area contributed by atoms with E-state index in [0.29, 0.717) is 0 Å². The summed E-state index contributed by atoms with van der Waals surface area (Å²) in [6, 6.07) is 12.9. The average Bonchev–Trinajstić information content (AvgIpc) is 2.32. The lowest BCUT2D eigenvalue weighted by Gasteiger charge is -2.10. The number of nitrogens with one attached hydrogen (secondary N) is 1. The Morgan fingerprint density at radius 1 is 1.06 bits per heavy atom. The Morgan fingerprint density at radius 2 is 1.82 bits per heavy atom. The number of methoxy groups -OCH3 is 1. The van der Waals surface area contributed by atoms with Gasteiger partial charge in [-0.2, -0.15) is 0 Å². The van der Waals surface area contributed by atoms with Crippen LogP contribution in [0.25, 0.3) is 0 Å². The quantitative estimate of drug-likeness (QED) is 0.847. The van der Waals surface area contributed by atoms with Crippen LogP contribution in [-0.4, -0.2) is 12.2 Å². The molecule has 0 aliphatic carbocycles. The average molecular weight is 229 g/mol. The molecule has 88 valence electrons. The van der Waals surface area contributed by atoms with Crippen molar-refractivity contribution < 1.29 is 9.84 Å². The summed E-state index contributed by atoms with van der Waals surface area (Å²) >= 11 is 0. The van der Waals surface area contributed by atoms with Gasteiger partial charge in [0.15, 0.2) is 0 Å². The molecular formula is C14H15NO2. The minimum Gasteiger partial charge on any atom is -0.508 e. The van der Waals surface area contributed by atoms with Crippen LogP contribution in [0.2, 0.25) is 0 Å². The highest BCUT2D eigenvalue weighted by atomic mass is 16.5. The number of phenols is 1. The number of aryl methyl sites for hydroxylation is 1. The molecule has 0 atom stereocenters. The standard InChI is InChI=1S/C14H15NO2/c1-10-6-7-12(9-14(10)17-2)15-11-4-3-5-13(16)8-11/h3-9,15-16H,1-2H3. The van der Waals surface area contributed by atoms with E-state index >= 15 is 0 Å². The van der Waals surface area contributed by atoms with E-state index < -0.39 is 0 Å². The van der Waals surface area contributed by atoms with Crippen LogP contribution in [0.4, 0.5) is 11.4 Å². The minimum atomic E-state index is 0.245. The lowest BCUT2D eigenvalue weighted by molar-refractivity contribution is 0.412. The first kappa shape index (κ1) is 11.3. The molecule has 0 aliphatic rings. The van der Waals surface area contributed by atoms with Crippen molar-refractivity contribution in [3.05, 3.63) is 48.0 Å². The van der Waals surface area contributed by atoms with Crippen molar-refractivity contribution in [3.8, 4) is 11.5 Å². The van der Waals surface area contributed by atoms with E-state index in [1.807, 2.05) is 31.2 Å². The van der Waals surface area contributed by atoms with Crippen LogP contribution in [0.5, 0.6) is 11.5 Å². The van der Waals surface area contributed by atoms with Crippen molar-refractivity contribution in [1.82, 2.24) is 0 Å². The fraction of sp³-hybridized carbons (Fsp3) is 0.143. The predicted molar refractivity (Wildman–Crippen MR) is 69.1 cm³/mol. The monoisotopic (exact) mass is 229 g/mol. The highest BCUT2D eigenvalue weighted by molar-refractivity contribution is 5.63. The smallest absolute Gasteiger partial charge is 0.123 e. The number of benzene rings is 2. The molecule has 0 aromatic heterocycles.